The molecular formula is C26H24Si. The summed E-state index contributed by atoms with van der Waals surface area (Å²) < 4.78 is 0. The van der Waals surface area contributed by atoms with Crippen molar-refractivity contribution in [3.63, 3.8) is 0 Å². The van der Waals surface area contributed by atoms with Gasteiger partial charge in [-0.05, 0) is 32.6 Å². The van der Waals surface area contributed by atoms with Gasteiger partial charge < -0.3 is 0 Å². The lowest BCUT2D eigenvalue weighted by atomic mass is 10.1. The molecule has 0 unspecified atom stereocenters. The maximum Gasteiger partial charge on any atom is 0.113 e. The van der Waals surface area contributed by atoms with E-state index in [0.29, 0.717) is 0 Å². The molecule has 4 aromatic rings. The smallest absolute Gasteiger partial charge is 0.0623 e. The highest BCUT2D eigenvalue weighted by Gasteiger charge is 2.30. The molecule has 0 aromatic heterocycles. The van der Waals surface area contributed by atoms with Crippen LogP contribution in [0.5, 0.6) is 0 Å². The summed E-state index contributed by atoms with van der Waals surface area (Å²) in [6, 6.07) is 39.4. The first kappa shape index (κ1) is 17.5. The van der Waals surface area contributed by atoms with Gasteiger partial charge in [-0.3, -0.25) is 0 Å². The topological polar surface area (TPSA) is 0 Å². The fourth-order valence-electron chi connectivity index (χ4n) is 3.94. The Morgan fingerprint density at radius 2 is 0.741 bits per heavy atom. The molecule has 4 rings (SSSR count). The van der Waals surface area contributed by atoms with Gasteiger partial charge in [0.15, 0.2) is 0 Å². The summed E-state index contributed by atoms with van der Waals surface area (Å²) in [7, 11) is -1.91. The molecule has 0 N–H and O–H groups in total. The van der Waals surface area contributed by atoms with E-state index in [9.17, 15) is 0 Å². The van der Waals surface area contributed by atoms with Gasteiger partial charge in [-0.25, -0.2) is 0 Å². The van der Waals surface area contributed by atoms with Crippen LogP contribution in [0.3, 0.4) is 0 Å². The van der Waals surface area contributed by atoms with E-state index in [1.165, 1.54) is 32.6 Å². The fraction of sp³-hybridized carbons (Fsp3) is 0.0769. The van der Waals surface area contributed by atoms with E-state index in [1.54, 1.807) is 0 Å². The Kier molecular flexibility index (Phi) is 4.78. The second kappa shape index (κ2) is 7.38. The van der Waals surface area contributed by atoms with Gasteiger partial charge >= 0.3 is 0 Å². The van der Waals surface area contributed by atoms with E-state index in [-0.39, 0.29) is 0 Å². The van der Waals surface area contributed by atoms with Gasteiger partial charge in [0.05, 0.1) is 0 Å². The van der Waals surface area contributed by atoms with Gasteiger partial charge in [0.2, 0.25) is 0 Å². The van der Waals surface area contributed by atoms with E-state index < -0.39 is 8.07 Å². The van der Waals surface area contributed by atoms with Crippen molar-refractivity contribution in [2.75, 3.05) is 0 Å². The van der Waals surface area contributed by atoms with E-state index in [2.05, 4.69) is 122 Å². The Morgan fingerprint density at radius 1 is 0.407 bits per heavy atom. The van der Waals surface area contributed by atoms with Crippen molar-refractivity contribution < 1.29 is 0 Å². The molecule has 0 aliphatic heterocycles. The Morgan fingerprint density at radius 3 is 1.15 bits per heavy atom. The Hall–Kier alpha value is -2.90. The Bertz CT molecular complexity index is 949. The number of hydrogen-bond acceptors (Lipinski definition) is 0. The van der Waals surface area contributed by atoms with Crippen molar-refractivity contribution in [2.45, 2.75) is 13.1 Å². The summed E-state index contributed by atoms with van der Waals surface area (Å²) in [5.74, 6) is 0. The molecule has 0 bridgehead atoms. The third-order valence-electron chi connectivity index (χ3n) is 5.37. The fourth-order valence-corrected chi connectivity index (χ4v) is 7.06. The van der Waals surface area contributed by atoms with Crippen LogP contribution in [0, 0.1) is 0 Å². The number of rotatable bonds is 4. The molecule has 0 aliphatic carbocycles. The lowest BCUT2D eigenvalue weighted by molar-refractivity contribution is 1.60. The minimum Gasteiger partial charge on any atom is -0.0623 e. The molecule has 0 nitrogen and oxygen atoms in total. The zero-order chi connectivity index (χ0) is 18.7. The van der Waals surface area contributed by atoms with E-state index in [0.717, 1.165) is 0 Å². The predicted molar refractivity (Wildman–Crippen MR) is 121 cm³/mol. The predicted octanol–water partition coefficient (Wildman–Crippen LogP) is 5.84. The first-order valence-corrected chi connectivity index (χ1v) is 12.5. The normalized spacial score (nSPS) is 11.3. The summed E-state index contributed by atoms with van der Waals surface area (Å²) in [5, 5.41) is 2.97. The SMILES string of the molecule is C[Si](C)(c1ccccc1-c1ccccc1)c1ccccc1-c1ccccc1. The van der Waals surface area contributed by atoms with Crippen molar-refractivity contribution in [1.82, 2.24) is 0 Å². The van der Waals surface area contributed by atoms with Gasteiger partial charge in [-0.2, -0.15) is 0 Å². The summed E-state index contributed by atoms with van der Waals surface area (Å²) in [6.45, 7) is 4.94. The van der Waals surface area contributed by atoms with Crippen molar-refractivity contribution >= 4 is 18.4 Å². The molecule has 4 aromatic carbocycles. The molecular weight excluding hydrogens is 340 g/mol. The molecule has 27 heavy (non-hydrogen) atoms. The highest BCUT2D eigenvalue weighted by Crippen LogP contribution is 2.24. The monoisotopic (exact) mass is 364 g/mol. The highest BCUT2D eigenvalue weighted by atomic mass is 28.3. The first-order chi connectivity index (χ1) is 13.2. The standard InChI is InChI=1S/C26H24Si/c1-27(2,25-19-11-9-17-23(25)21-13-5-3-6-14-21)26-20-12-10-18-24(26)22-15-7-4-8-16-22/h3-20H,1-2H3. The van der Waals surface area contributed by atoms with Gasteiger partial charge in [0.1, 0.15) is 8.07 Å². The van der Waals surface area contributed by atoms with E-state index >= 15 is 0 Å². The third kappa shape index (κ3) is 3.39. The average molecular weight is 365 g/mol. The van der Waals surface area contributed by atoms with Crippen LogP contribution in [0.25, 0.3) is 22.3 Å². The van der Waals surface area contributed by atoms with Crippen LogP contribution >= 0.6 is 0 Å². The number of hydrogen-bond donors (Lipinski definition) is 0. The van der Waals surface area contributed by atoms with Gasteiger partial charge in [0, 0.05) is 0 Å². The van der Waals surface area contributed by atoms with Crippen LogP contribution < -0.4 is 10.4 Å². The molecule has 0 aliphatic rings. The molecule has 0 atom stereocenters. The van der Waals surface area contributed by atoms with Crippen molar-refractivity contribution in [1.29, 1.82) is 0 Å². The molecule has 0 saturated heterocycles. The summed E-state index contributed by atoms with van der Waals surface area (Å²) in [4.78, 5) is 0. The maximum absolute atomic E-state index is 2.47. The Labute approximate surface area is 163 Å². The van der Waals surface area contributed by atoms with Crippen LogP contribution in [0.4, 0.5) is 0 Å². The molecule has 132 valence electrons. The lowest BCUT2D eigenvalue weighted by Gasteiger charge is -2.29. The van der Waals surface area contributed by atoms with Crippen LogP contribution in [-0.4, -0.2) is 8.07 Å². The average Bonchev–Trinajstić information content (AvgIpc) is 2.75. The lowest BCUT2D eigenvalue weighted by Crippen LogP contribution is -2.54. The molecule has 0 radical (unpaired) electrons. The van der Waals surface area contributed by atoms with Gasteiger partial charge in [-0.1, -0.05) is 122 Å². The summed E-state index contributed by atoms with van der Waals surface area (Å²) >= 11 is 0. The zero-order valence-electron chi connectivity index (χ0n) is 15.9. The zero-order valence-corrected chi connectivity index (χ0v) is 16.9. The third-order valence-corrected chi connectivity index (χ3v) is 8.94. The summed E-state index contributed by atoms with van der Waals surface area (Å²) in [6.07, 6.45) is 0. The minimum atomic E-state index is -1.91. The molecule has 0 spiro atoms. The largest absolute Gasteiger partial charge is 0.113 e. The second-order valence-electron chi connectivity index (χ2n) is 7.45. The van der Waals surface area contributed by atoms with Crippen LogP contribution in [0.2, 0.25) is 13.1 Å². The second-order valence-corrected chi connectivity index (χ2v) is 11.8. The molecule has 0 saturated carbocycles. The molecule has 1 heteroatoms. The van der Waals surface area contributed by atoms with Crippen LogP contribution in [0.1, 0.15) is 0 Å². The van der Waals surface area contributed by atoms with Crippen molar-refractivity contribution in [2.24, 2.45) is 0 Å². The van der Waals surface area contributed by atoms with Crippen molar-refractivity contribution in [3.05, 3.63) is 109 Å². The first-order valence-electron chi connectivity index (χ1n) is 9.48. The Balaban J connectivity index is 1.90. The summed E-state index contributed by atoms with van der Waals surface area (Å²) in [5.41, 5.74) is 5.31. The van der Waals surface area contributed by atoms with Crippen molar-refractivity contribution in [3.8, 4) is 22.3 Å². The molecule has 0 heterocycles. The molecule has 0 fully saturated rings. The maximum atomic E-state index is 2.47. The van der Waals surface area contributed by atoms with Crippen LogP contribution in [-0.2, 0) is 0 Å². The minimum absolute atomic E-state index is 1.30. The van der Waals surface area contributed by atoms with Crippen LogP contribution in [0.15, 0.2) is 109 Å². The van der Waals surface area contributed by atoms with E-state index in [1.807, 2.05) is 0 Å². The van der Waals surface area contributed by atoms with Gasteiger partial charge in [0.25, 0.3) is 0 Å². The highest BCUT2D eigenvalue weighted by molar-refractivity contribution is 7.02. The molecule has 0 amide bonds. The number of benzene rings is 4. The van der Waals surface area contributed by atoms with Gasteiger partial charge in [-0.15, -0.1) is 0 Å². The van der Waals surface area contributed by atoms with E-state index in [4.69, 9.17) is 0 Å². The quantitative estimate of drug-likeness (QED) is 0.399.